The van der Waals surface area contributed by atoms with Crippen LogP contribution in [-0.4, -0.2) is 55.9 Å². The van der Waals surface area contributed by atoms with E-state index < -0.39 is 22.0 Å². The predicted octanol–water partition coefficient (Wildman–Crippen LogP) is 3.09. The summed E-state index contributed by atoms with van der Waals surface area (Å²) in [5, 5.41) is 0. The van der Waals surface area contributed by atoms with Gasteiger partial charge in [0.15, 0.2) is 5.79 Å². The largest absolute Gasteiger partial charge is 0.373 e. The normalized spacial score (nSPS) is 22.6. The van der Waals surface area contributed by atoms with Gasteiger partial charge in [0.25, 0.3) is 10.1 Å². The maximum atomic E-state index is 11.4. The molecule has 1 fully saturated rings. The number of aryl methyl sites for hydroxylation is 1. The fourth-order valence-electron chi connectivity index (χ4n) is 3.68. The number of ether oxygens (including phenoxy) is 3. The molecule has 3 atom stereocenters. The summed E-state index contributed by atoms with van der Waals surface area (Å²) in [7, 11) is -3.56. The van der Waals surface area contributed by atoms with Crippen molar-refractivity contribution < 1.29 is 26.8 Å². The molecular weight excluding hydrogens is 420 g/mol. The summed E-state index contributed by atoms with van der Waals surface area (Å²) in [6, 6.07) is 9.99. The fourth-order valence-corrected chi connectivity index (χ4v) is 4.08. The van der Waals surface area contributed by atoms with Crippen molar-refractivity contribution in [1.29, 1.82) is 0 Å². The minimum atomic E-state index is -3.56. The van der Waals surface area contributed by atoms with Gasteiger partial charge in [0.2, 0.25) is 0 Å². The molecule has 31 heavy (non-hydrogen) atoms. The monoisotopic (exact) mass is 452 g/mol. The molecule has 2 heterocycles. The average Bonchev–Trinajstić information content (AvgIpc) is 3.37. The van der Waals surface area contributed by atoms with Crippen molar-refractivity contribution in [3.8, 4) is 0 Å². The van der Waals surface area contributed by atoms with Gasteiger partial charge in [-0.25, -0.2) is 4.98 Å². The molecule has 2 aromatic rings. The standard InChI is InChI=1S/C22H32N2O6S/c1-4-11-27-21(18-9-7-6-8-10-18)12-22(16-24-17-23-13-19(24)5-2)28-14-20(30-22)15-29-31(3,25)26/h6-10,13,17,20-21H,4-5,11-12,14-16H2,1-3H3. The van der Waals surface area contributed by atoms with Crippen molar-refractivity contribution in [2.24, 2.45) is 0 Å². The van der Waals surface area contributed by atoms with Gasteiger partial charge in [-0.2, -0.15) is 8.42 Å². The number of hydrogen-bond acceptors (Lipinski definition) is 7. The molecule has 1 aliphatic rings. The lowest BCUT2D eigenvalue weighted by Gasteiger charge is -2.33. The molecule has 0 bridgehead atoms. The Balaban J connectivity index is 1.84. The molecule has 1 aromatic heterocycles. The predicted molar refractivity (Wildman–Crippen MR) is 116 cm³/mol. The van der Waals surface area contributed by atoms with E-state index in [4.69, 9.17) is 18.4 Å². The van der Waals surface area contributed by atoms with E-state index in [1.807, 2.05) is 41.1 Å². The smallest absolute Gasteiger partial charge is 0.264 e. The summed E-state index contributed by atoms with van der Waals surface area (Å²) in [4.78, 5) is 4.26. The van der Waals surface area contributed by atoms with E-state index >= 15 is 0 Å². The third-order valence-corrected chi connectivity index (χ3v) is 5.71. The zero-order valence-electron chi connectivity index (χ0n) is 18.4. The molecule has 8 nitrogen and oxygen atoms in total. The van der Waals surface area contributed by atoms with E-state index in [0.717, 1.165) is 30.4 Å². The van der Waals surface area contributed by atoms with Crippen molar-refractivity contribution in [1.82, 2.24) is 9.55 Å². The molecule has 0 spiro atoms. The number of imidazole rings is 1. The Hall–Kier alpha value is -1.78. The first-order valence-corrected chi connectivity index (χ1v) is 12.5. The van der Waals surface area contributed by atoms with Gasteiger partial charge >= 0.3 is 0 Å². The van der Waals surface area contributed by atoms with E-state index in [1.54, 1.807) is 6.33 Å². The van der Waals surface area contributed by atoms with Crippen LogP contribution in [0.5, 0.6) is 0 Å². The van der Waals surface area contributed by atoms with Gasteiger partial charge in [-0.1, -0.05) is 44.2 Å². The molecule has 1 aliphatic heterocycles. The quantitative estimate of drug-likeness (QED) is 0.457. The second-order valence-corrected chi connectivity index (χ2v) is 9.43. The zero-order chi connectivity index (χ0) is 22.3. The van der Waals surface area contributed by atoms with E-state index in [0.29, 0.717) is 19.6 Å². The molecular formula is C22H32N2O6S. The highest BCUT2D eigenvalue weighted by atomic mass is 32.2. The molecule has 0 saturated carbocycles. The van der Waals surface area contributed by atoms with Crippen LogP contribution in [0.4, 0.5) is 0 Å². The second kappa shape index (κ2) is 10.7. The van der Waals surface area contributed by atoms with Crippen LogP contribution in [0.3, 0.4) is 0 Å². The van der Waals surface area contributed by atoms with Gasteiger partial charge in [0, 0.05) is 24.9 Å². The highest BCUT2D eigenvalue weighted by Crippen LogP contribution is 2.37. The van der Waals surface area contributed by atoms with E-state index in [2.05, 4.69) is 18.8 Å². The Kier molecular flexibility index (Phi) is 8.23. The summed E-state index contributed by atoms with van der Waals surface area (Å²) in [6.45, 7) is 5.32. The van der Waals surface area contributed by atoms with Crippen LogP contribution < -0.4 is 0 Å². The molecule has 0 N–H and O–H groups in total. The van der Waals surface area contributed by atoms with Crippen LogP contribution in [0, 0.1) is 0 Å². The summed E-state index contributed by atoms with van der Waals surface area (Å²) >= 11 is 0. The van der Waals surface area contributed by atoms with Crippen molar-refractivity contribution >= 4 is 10.1 Å². The van der Waals surface area contributed by atoms with Crippen LogP contribution in [-0.2, 0) is 41.5 Å². The Morgan fingerprint density at radius 1 is 1.29 bits per heavy atom. The lowest BCUT2D eigenvalue weighted by molar-refractivity contribution is -0.203. The molecule has 3 unspecified atom stereocenters. The summed E-state index contributed by atoms with van der Waals surface area (Å²) in [5.74, 6) is -0.996. The third-order valence-electron chi connectivity index (χ3n) is 5.14. The molecule has 9 heteroatoms. The number of hydrogen-bond donors (Lipinski definition) is 0. The first-order valence-electron chi connectivity index (χ1n) is 10.7. The number of benzene rings is 1. The summed E-state index contributed by atoms with van der Waals surface area (Å²) in [5.41, 5.74) is 2.10. The molecule has 3 rings (SSSR count). The lowest BCUT2D eigenvalue weighted by Crippen LogP contribution is -2.39. The fraction of sp³-hybridized carbons (Fsp3) is 0.591. The van der Waals surface area contributed by atoms with Gasteiger partial charge in [-0.05, 0) is 18.4 Å². The lowest BCUT2D eigenvalue weighted by atomic mass is 10.0. The van der Waals surface area contributed by atoms with Crippen LogP contribution in [0.25, 0.3) is 0 Å². The highest BCUT2D eigenvalue weighted by Gasteiger charge is 2.45. The number of rotatable bonds is 12. The van der Waals surface area contributed by atoms with Gasteiger partial charge in [-0.3, -0.25) is 4.18 Å². The van der Waals surface area contributed by atoms with Crippen LogP contribution in [0.2, 0.25) is 0 Å². The van der Waals surface area contributed by atoms with Gasteiger partial charge < -0.3 is 18.8 Å². The molecule has 1 saturated heterocycles. The molecule has 0 radical (unpaired) electrons. The van der Waals surface area contributed by atoms with Gasteiger partial charge in [0.05, 0.1) is 38.4 Å². The Morgan fingerprint density at radius 3 is 2.74 bits per heavy atom. The van der Waals surface area contributed by atoms with Crippen LogP contribution >= 0.6 is 0 Å². The van der Waals surface area contributed by atoms with Crippen molar-refractivity contribution in [2.45, 2.75) is 57.6 Å². The zero-order valence-corrected chi connectivity index (χ0v) is 19.2. The third kappa shape index (κ3) is 6.85. The van der Waals surface area contributed by atoms with E-state index in [1.165, 1.54) is 0 Å². The van der Waals surface area contributed by atoms with Crippen molar-refractivity contribution in [3.63, 3.8) is 0 Å². The molecule has 172 valence electrons. The minimum absolute atomic E-state index is 0.0863. The molecule has 0 aliphatic carbocycles. The second-order valence-electron chi connectivity index (χ2n) is 7.79. The van der Waals surface area contributed by atoms with Crippen molar-refractivity contribution in [2.75, 3.05) is 26.1 Å². The number of nitrogens with zero attached hydrogens (tertiary/aromatic N) is 2. The summed E-state index contributed by atoms with van der Waals surface area (Å²) < 4.78 is 48.5. The highest BCUT2D eigenvalue weighted by molar-refractivity contribution is 7.85. The maximum Gasteiger partial charge on any atom is 0.264 e. The summed E-state index contributed by atoms with van der Waals surface area (Å²) in [6.07, 6.45) is 6.06. The Labute approximate surface area is 184 Å². The number of aromatic nitrogens is 2. The maximum absolute atomic E-state index is 11.4. The molecule has 1 aromatic carbocycles. The topological polar surface area (TPSA) is 88.9 Å². The average molecular weight is 453 g/mol. The van der Waals surface area contributed by atoms with Crippen LogP contribution in [0.15, 0.2) is 42.9 Å². The van der Waals surface area contributed by atoms with Gasteiger partial charge in [0.1, 0.15) is 6.10 Å². The molecule has 0 amide bonds. The first-order chi connectivity index (χ1) is 14.8. The minimum Gasteiger partial charge on any atom is -0.373 e. The van der Waals surface area contributed by atoms with Crippen LogP contribution in [0.1, 0.15) is 44.1 Å². The Bertz CT molecular complexity index is 917. The van der Waals surface area contributed by atoms with Crippen molar-refractivity contribution in [3.05, 3.63) is 54.1 Å². The van der Waals surface area contributed by atoms with Gasteiger partial charge in [-0.15, -0.1) is 0 Å². The first kappa shape index (κ1) is 23.9. The van der Waals surface area contributed by atoms with E-state index in [-0.39, 0.29) is 19.3 Å². The Morgan fingerprint density at radius 2 is 2.06 bits per heavy atom. The van der Waals surface area contributed by atoms with E-state index in [9.17, 15) is 8.42 Å². The SMILES string of the molecule is CCCOC(CC1(Cn2cncc2CC)OCC(COS(C)(=O)=O)O1)c1ccccc1.